The SMILES string of the molecule is O=[N+]([O-])c1ccc(OC2(c3ccc(Cl)cc3F)CCC2)cc1. The Morgan fingerprint density at radius 1 is 1.18 bits per heavy atom. The predicted octanol–water partition coefficient (Wildman–Crippen LogP) is 4.85. The fraction of sp³-hybridized carbons (Fsp3) is 0.250. The van der Waals surface area contributed by atoms with Gasteiger partial charge in [0, 0.05) is 22.7 Å². The van der Waals surface area contributed by atoms with Crippen LogP contribution in [-0.4, -0.2) is 4.92 Å². The van der Waals surface area contributed by atoms with Crippen molar-refractivity contribution >= 4 is 17.3 Å². The van der Waals surface area contributed by atoms with Crippen LogP contribution >= 0.6 is 11.6 Å². The van der Waals surface area contributed by atoms with Crippen LogP contribution in [-0.2, 0) is 5.60 Å². The van der Waals surface area contributed by atoms with Gasteiger partial charge in [-0.25, -0.2) is 4.39 Å². The van der Waals surface area contributed by atoms with E-state index < -0.39 is 16.3 Å². The van der Waals surface area contributed by atoms with Gasteiger partial charge in [0.05, 0.1) is 4.92 Å². The largest absolute Gasteiger partial charge is 0.482 e. The molecule has 4 nitrogen and oxygen atoms in total. The molecule has 0 saturated heterocycles. The summed E-state index contributed by atoms with van der Waals surface area (Å²) in [5.41, 5.74) is -0.251. The molecule has 2 aromatic rings. The Hall–Kier alpha value is -2.14. The molecule has 1 aliphatic rings. The minimum absolute atomic E-state index is 0.00678. The molecule has 1 aliphatic carbocycles. The Balaban J connectivity index is 1.89. The highest BCUT2D eigenvalue weighted by Gasteiger charge is 2.43. The standard InChI is InChI=1S/C16H13ClFNO3/c17-11-2-7-14(15(18)10-11)16(8-1-9-16)22-13-5-3-12(4-6-13)19(20)21/h2-7,10H,1,8-9H2. The highest BCUT2D eigenvalue weighted by atomic mass is 35.5. The van der Waals surface area contributed by atoms with E-state index in [-0.39, 0.29) is 5.69 Å². The number of nitro groups is 1. The normalized spacial score (nSPS) is 15.9. The van der Waals surface area contributed by atoms with Gasteiger partial charge in [-0.3, -0.25) is 10.1 Å². The quantitative estimate of drug-likeness (QED) is 0.597. The van der Waals surface area contributed by atoms with E-state index in [2.05, 4.69) is 0 Å². The summed E-state index contributed by atoms with van der Waals surface area (Å²) in [6.45, 7) is 0. The van der Waals surface area contributed by atoms with Crippen LogP contribution in [0, 0.1) is 15.9 Å². The van der Waals surface area contributed by atoms with Crippen molar-refractivity contribution in [1.82, 2.24) is 0 Å². The molecule has 0 heterocycles. The molecule has 22 heavy (non-hydrogen) atoms. The highest BCUT2D eigenvalue weighted by molar-refractivity contribution is 6.30. The number of rotatable bonds is 4. The molecule has 0 N–H and O–H groups in total. The third-order valence-corrected chi connectivity index (χ3v) is 4.18. The van der Waals surface area contributed by atoms with E-state index in [4.69, 9.17) is 16.3 Å². The predicted molar refractivity (Wildman–Crippen MR) is 80.7 cm³/mol. The van der Waals surface area contributed by atoms with Crippen LogP contribution in [0.3, 0.4) is 0 Å². The number of ether oxygens (including phenoxy) is 1. The van der Waals surface area contributed by atoms with Crippen molar-refractivity contribution in [1.29, 1.82) is 0 Å². The summed E-state index contributed by atoms with van der Waals surface area (Å²) in [6.07, 6.45) is 2.33. The van der Waals surface area contributed by atoms with Gasteiger partial charge in [-0.2, -0.15) is 0 Å². The van der Waals surface area contributed by atoms with Crippen LogP contribution in [0.2, 0.25) is 5.02 Å². The zero-order valence-corrected chi connectivity index (χ0v) is 12.3. The van der Waals surface area contributed by atoms with Gasteiger partial charge in [0.2, 0.25) is 0 Å². The van der Waals surface area contributed by atoms with Crippen molar-refractivity contribution in [2.45, 2.75) is 24.9 Å². The molecule has 1 fully saturated rings. The van der Waals surface area contributed by atoms with Gasteiger partial charge in [0.1, 0.15) is 17.2 Å². The minimum Gasteiger partial charge on any atom is -0.482 e. The van der Waals surface area contributed by atoms with Gasteiger partial charge < -0.3 is 4.74 Å². The first-order valence-corrected chi connectivity index (χ1v) is 7.27. The number of non-ortho nitro benzene ring substituents is 1. The number of nitro benzene ring substituents is 1. The molecule has 0 amide bonds. The number of hydrogen-bond donors (Lipinski definition) is 0. The summed E-state index contributed by atoms with van der Waals surface area (Å²) < 4.78 is 20.2. The third kappa shape index (κ3) is 2.64. The average Bonchev–Trinajstić information content (AvgIpc) is 2.44. The van der Waals surface area contributed by atoms with Gasteiger partial charge >= 0.3 is 0 Å². The number of hydrogen-bond acceptors (Lipinski definition) is 3. The number of benzene rings is 2. The van der Waals surface area contributed by atoms with Crippen molar-refractivity contribution in [3.63, 3.8) is 0 Å². The lowest BCUT2D eigenvalue weighted by Crippen LogP contribution is -2.41. The van der Waals surface area contributed by atoms with Crippen molar-refractivity contribution < 1.29 is 14.1 Å². The molecule has 0 atom stereocenters. The van der Waals surface area contributed by atoms with Gasteiger partial charge in [-0.1, -0.05) is 17.7 Å². The lowest BCUT2D eigenvalue weighted by Gasteiger charge is -2.42. The van der Waals surface area contributed by atoms with E-state index in [1.165, 1.54) is 30.3 Å². The molecular weight excluding hydrogens is 309 g/mol. The Labute approximate surface area is 131 Å². The zero-order valence-electron chi connectivity index (χ0n) is 11.6. The van der Waals surface area contributed by atoms with Crippen LogP contribution in [0.15, 0.2) is 42.5 Å². The van der Waals surface area contributed by atoms with Crippen LogP contribution in [0.25, 0.3) is 0 Å². The van der Waals surface area contributed by atoms with Gasteiger partial charge in [-0.15, -0.1) is 0 Å². The van der Waals surface area contributed by atoms with E-state index in [1.54, 1.807) is 12.1 Å². The molecule has 0 bridgehead atoms. The van der Waals surface area contributed by atoms with Crippen molar-refractivity contribution in [2.24, 2.45) is 0 Å². The summed E-state index contributed by atoms with van der Waals surface area (Å²) in [6, 6.07) is 10.4. The second-order valence-electron chi connectivity index (χ2n) is 5.33. The lowest BCUT2D eigenvalue weighted by molar-refractivity contribution is -0.384. The summed E-state index contributed by atoms with van der Waals surface area (Å²) in [4.78, 5) is 10.2. The second-order valence-corrected chi connectivity index (χ2v) is 5.76. The molecule has 2 aromatic carbocycles. The monoisotopic (exact) mass is 321 g/mol. The van der Waals surface area contributed by atoms with Crippen LogP contribution in [0.1, 0.15) is 24.8 Å². The van der Waals surface area contributed by atoms with E-state index >= 15 is 0 Å². The summed E-state index contributed by atoms with van der Waals surface area (Å²) in [5.74, 6) is 0.0914. The molecule has 3 rings (SSSR count). The maximum atomic E-state index is 14.2. The van der Waals surface area contributed by atoms with E-state index in [0.29, 0.717) is 29.2 Å². The minimum atomic E-state index is -0.717. The summed E-state index contributed by atoms with van der Waals surface area (Å²) >= 11 is 5.79. The first-order valence-electron chi connectivity index (χ1n) is 6.89. The van der Waals surface area contributed by atoms with Crippen molar-refractivity contribution in [2.75, 3.05) is 0 Å². The fourth-order valence-corrected chi connectivity index (χ4v) is 2.80. The summed E-state index contributed by atoms with van der Waals surface area (Å²) in [5, 5.41) is 11.0. The van der Waals surface area contributed by atoms with E-state index in [0.717, 1.165) is 6.42 Å². The fourth-order valence-electron chi connectivity index (χ4n) is 2.64. The Bertz CT molecular complexity index is 714. The van der Waals surface area contributed by atoms with Gasteiger partial charge in [0.25, 0.3) is 5.69 Å². The molecular formula is C16H13ClFNO3. The maximum Gasteiger partial charge on any atom is 0.269 e. The van der Waals surface area contributed by atoms with Gasteiger partial charge in [0.15, 0.2) is 0 Å². The van der Waals surface area contributed by atoms with Crippen molar-refractivity contribution in [3.05, 3.63) is 69.0 Å². The molecule has 0 radical (unpaired) electrons. The molecule has 0 unspecified atom stereocenters. The molecule has 0 spiro atoms. The smallest absolute Gasteiger partial charge is 0.269 e. The topological polar surface area (TPSA) is 52.4 Å². The average molecular weight is 322 g/mol. The Morgan fingerprint density at radius 2 is 1.86 bits per heavy atom. The molecule has 114 valence electrons. The van der Waals surface area contributed by atoms with E-state index in [9.17, 15) is 14.5 Å². The lowest BCUT2D eigenvalue weighted by atomic mass is 9.74. The van der Waals surface area contributed by atoms with Crippen LogP contribution in [0.5, 0.6) is 5.75 Å². The number of halogens is 2. The van der Waals surface area contributed by atoms with Crippen LogP contribution < -0.4 is 4.74 Å². The molecule has 1 saturated carbocycles. The third-order valence-electron chi connectivity index (χ3n) is 3.94. The molecule has 0 aromatic heterocycles. The maximum absolute atomic E-state index is 14.2. The number of nitrogens with zero attached hydrogens (tertiary/aromatic N) is 1. The Morgan fingerprint density at radius 3 is 2.36 bits per heavy atom. The van der Waals surface area contributed by atoms with Crippen molar-refractivity contribution in [3.8, 4) is 5.75 Å². The first kappa shape index (κ1) is 14.8. The Kier molecular flexibility index (Phi) is 3.74. The summed E-state index contributed by atoms with van der Waals surface area (Å²) in [7, 11) is 0. The van der Waals surface area contributed by atoms with Crippen LogP contribution in [0.4, 0.5) is 10.1 Å². The van der Waals surface area contributed by atoms with E-state index in [1.807, 2.05) is 0 Å². The zero-order chi connectivity index (χ0) is 15.7. The molecule has 0 aliphatic heterocycles. The second kappa shape index (κ2) is 5.57. The van der Waals surface area contributed by atoms with Gasteiger partial charge in [-0.05, 0) is 43.5 Å². The first-order chi connectivity index (χ1) is 10.5. The molecule has 6 heteroatoms. The highest BCUT2D eigenvalue weighted by Crippen LogP contribution is 2.46.